The van der Waals surface area contributed by atoms with E-state index < -0.39 is 0 Å². The molecule has 0 aliphatic rings. The molecular formula is C17H22OS. The molecule has 19 heavy (non-hydrogen) atoms. The molecule has 0 aliphatic carbocycles. The van der Waals surface area contributed by atoms with Gasteiger partial charge in [0.1, 0.15) is 5.78 Å². The first-order valence-electron chi connectivity index (χ1n) is 7.24. The predicted octanol–water partition coefficient (Wildman–Crippen LogP) is 5.23. The first-order chi connectivity index (χ1) is 9.26. The van der Waals surface area contributed by atoms with Crippen LogP contribution in [0, 0.1) is 5.92 Å². The smallest absolute Gasteiger partial charge is 0.140 e. The molecule has 2 rings (SSSR count). The van der Waals surface area contributed by atoms with Crippen LogP contribution in [0.25, 0.3) is 10.1 Å². The summed E-state index contributed by atoms with van der Waals surface area (Å²) in [7, 11) is 0. The van der Waals surface area contributed by atoms with Crippen LogP contribution >= 0.6 is 11.3 Å². The summed E-state index contributed by atoms with van der Waals surface area (Å²) in [4.78, 5) is 12.4. The summed E-state index contributed by atoms with van der Waals surface area (Å²) >= 11 is 1.74. The van der Waals surface area contributed by atoms with Gasteiger partial charge in [-0.1, -0.05) is 44.9 Å². The Bertz CT molecular complexity index is 541. The summed E-state index contributed by atoms with van der Waals surface area (Å²) in [6.45, 7) is 4.31. The Kier molecular flexibility index (Phi) is 5.15. The SMILES string of the molecule is CCCCC(CC)C(=O)Cc1csc2ccccc12. The van der Waals surface area contributed by atoms with Crippen LogP contribution in [-0.2, 0) is 11.2 Å². The lowest BCUT2D eigenvalue weighted by Gasteiger charge is -2.12. The predicted molar refractivity (Wildman–Crippen MR) is 83.8 cm³/mol. The molecule has 1 unspecified atom stereocenters. The Morgan fingerprint density at radius 2 is 2.05 bits per heavy atom. The van der Waals surface area contributed by atoms with E-state index in [1.54, 1.807) is 11.3 Å². The van der Waals surface area contributed by atoms with Crippen molar-refractivity contribution in [3.05, 3.63) is 35.2 Å². The highest BCUT2D eigenvalue weighted by atomic mass is 32.1. The third-order valence-electron chi connectivity index (χ3n) is 3.78. The van der Waals surface area contributed by atoms with E-state index in [9.17, 15) is 4.79 Å². The summed E-state index contributed by atoms with van der Waals surface area (Å²) in [5.74, 6) is 0.665. The number of benzene rings is 1. The van der Waals surface area contributed by atoms with Crippen LogP contribution in [0.4, 0.5) is 0 Å². The Hall–Kier alpha value is -1.15. The zero-order chi connectivity index (χ0) is 13.7. The number of thiophene rings is 1. The normalized spacial score (nSPS) is 12.7. The van der Waals surface area contributed by atoms with E-state index in [2.05, 4.69) is 43.5 Å². The molecule has 1 heterocycles. The summed E-state index contributed by atoms with van der Waals surface area (Å²) in [6, 6.07) is 8.36. The fourth-order valence-corrected chi connectivity index (χ4v) is 3.51. The van der Waals surface area contributed by atoms with Crippen molar-refractivity contribution >= 4 is 27.2 Å². The molecular weight excluding hydrogens is 252 g/mol. The standard InChI is InChI=1S/C17H22OS/c1-3-5-8-13(4-2)16(18)11-14-12-19-17-10-7-6-9-15(14)17/h6-7,9-10,12-13H,3-5,8,11H2,1-2H3. The van der Waals surface area contributed by atoms with Gasteiger partial charge in [0, 0.05) is 17.0 Å². The van der Waals surface area contributed by atoms with Crippen LogP contribution < -0.4 is 0 Å². The number of unbranched alkanes of at least 4 members (excludes halogenated alkanes) is 1. The molecule has 2 aromatic rings. The van der Waals surface area contributed by atoms with Crippen molar-refractivity contribution in [3.8, 4) is 0 Å². The van der Waals surface area contributed by atoms with E-state index in [1.165, 1.54) is 22.1 Å². The molecule has 0 bridgehead atoms. The van der Waals surface area contributed by atoms with Crippen LogP contribution in [0.15, 0.2) is 29.6 Å². The minimum atomic E-state index is 0.249. The number of carbonyl (C=O) groups is 1. The van der Waals surface area contributed by atoms with Crippen molar-refractivity contribution in [2.24, 2.45) is 5.92 Å². The fourth-order valence-electron chi connectivity index (χ4n) is 2.55. The van der Waals surface area contributed by atoms with Crippen molar-refractivity contribution in [1.82, 2.24) is 0 Å². The summed E-state index contributed by atoms with van der Waals surface area (Å²) < 4.78 is 1.28. The van der Waals surface area contributed by atoms with Crippen LogP contribution in [0.3, 0.4) is 0 Å². The largest absolute Gasteiger partial charge is 0.299 e. The number of hydrogen-bond acceptors (Lipinski definition) is 2. The quantitative estimate of drug-likeness (QED) is 0.675. The number of Topliss-reactive ketones (excluding diaryl/α,β-unsaturated/α-hetero) is 1. The van der Waals surface area contributed by atoms with Gasteiger partial charge in [-0.25, -0.2) is 0 Å². The molecule has 0 amide bonds. The van der Waals surface area contributed by atoms with Gasteiger partial charge >= 0.3 is 0 Å². The molecule has 0 N–H and O–H groups in total. The minimum absolute atomic E-state index is 0.249. The van der Waals surface area contributed by atoms with Gasteiger partial charge < -0.3 is 0 Å². The molecule has 0 saturated carbocycles. The first kappa shape index (κ1) is 14.3. The molecule has 0 saturated heterocycles. The number of carbonyl (C=O) groups excluding carboxylic acids is 1. The Morgan fingerprint density at radius 1 is 1.26 bits per heavy atom. The van der Waals surface area contributed by atoms with Gasteiger partial charge in [-0.2, -0.15) is 0 Å². The van der Waals surface area contributed by atoms with Gasteiger partial charge in [0.2, 0.25) is 0 Å². The van der Waals surface area contributed by atoms with Gasteiger partial charge in [-0.3, -0.25) is 4.79 Å². The van der Waals surface area contributed by atoms with Crippen molar-refractivity contribution in [1.29, 1.82) is 0 Å². The number of rotatable bonds is 7. The summed E-state index contributed by atoms with van der Waals surface area (Å²) in [6.07, 6.45) is 4.96. The highest BCUT2D eigenvalue weighted by Gasteiger charge is 2.17. The molecule has 1 aromatic carbocycles. The number of fused-ring (bicyclic) bond motifs is 1. The van der Waals surface area contributed by atoms with Gasteiger partial charge in [0.05, 0.1) is 0 Å². The number of hydrogen-bond donors (Lipinski definition) is 0. The third-order valence-corrected chi connectivity index (χ3v) is 4.79. The van der Waals surface area contributed by atoms with Crippen LogP contribution in [0.1, 0.15) is 45.1 Å². The van der Waals surface area contributed by atoms with Crippen molar-refractivity contribution in [3.63, 3.8) is 0 Å². The minimum Gasteiger partial charge on any atom is -0.299 e. The highest BCUT2D eigenvalue weighted by molar-refractivity contribution is 7.17. The summed E-state index contributed by atoms with van der Waals surface area (Å²) in [5.41, 5.74) is 1.21. The topological polar surface area (TPSA) is 17.1 Å². The first-order valence-corrected chi connectivity index (χ1v) is 8.12. The third kappa shape index (κ3) is 3.44. The molecule has 0 spiro atoms. The van der Waals surface area contributed by atoms with Gasteiger partial charge in [0.25, 0.3) is 0 Å². The van der Waals surface area contributed by atoms with Crippen molar-refractivity contribution in [2.75, 3.05) is 0 Å². The molecule has 2 heteroatoms. The molecule has 0 fully saturated rings. The average molecular weight is 274 g/mol. The molecule has 1 nitrogen and oxygen atoms in total. The van der Waals surface area contributed by atoms with Crippen molar-refractivity contribution in [2.45, 2.75) is 46.0 Å². The second-order valence-electron chi connectivity index (χ2n) is 5.15. The van der Waals surface area contributed by atoms with Crippen molar-refractivity contribution < 1.29 is 4.79 Å². The Morgan fingerprint density at radius 3 is 2.79 bits per heavy atom. The van der Waals surface area contributed by atoms with Crippen LogP contribution in [-0.4, -0.2) is 5.78 Å². The van der Waals surface area contributed by atoms with E-state index in [1.807, 2.05) is 0 Å². The maximum atomic E-state index is 12.4. The summed E-state index contributed by atoms with van der Waals surface area (Å²) in [5, 5.41) is 3.40. The molecule has 0 radical (unpaired) electrons. The second kappa shape index (κ2) is 6.85. The second-order valence-corrected chi connectivity index (χ2v) is 6.06. The van der Waals surface area contributed by atoms with E-state index in [4.69, 9.17) is 0 Å². The van der Waals surface area contributed by atoms with E-state index in [-0.39, 0.29) is 5.92 Å². The van der Waals surface area contributed by atoms with Gasteiger partial charge in [-0.05, 0) is 35.2 Å². The monoisotopic (exact) mass is 274 g/mol. The van der Waals surface area contributed by atoms with E-state index in [0.717, 1.165) is 19.3 Å². The lowest BCUT2D eigenvalue weighted by molar-refractivity contribution is -0.122. The lowest BCUT2D eigenvalue weighted by atomic mass is 9.91. The highest BCUT2D eigenvalue weighted by Crippen LogP contribution is 2.27. The van der Waals surface area contributed by atoms with Crippen LogP contribution in [0.5, 0.6) is 0 Å². The molecule has 0 aliphatic heterocycles. The molecule has 1 atom stereocenters. The number of ketones is 1. The Balaban J connectivity index is 2.09. The van der Waals surface area contributed by atoms with Gasteiger partial charge in [-0.15, -0.1) is 11.3 Å². The van der Waals surface area contributed by atoms with E-state index in [0.29, 0.717) is 12.2 Å². The lowest BCUT2D eigenvalue weighted by Crippen LogP contribution is -2.16. The Labute approximate surface area is 119 Å². The van der Waals surface area contributed by atoms with E-state index >= 15 is 0 Å². The average Bonchev–Trinajstić information content (AvgIpc) is 2.83. The zero-order valence-electron chi connectivity index (χ0n) is 11.8. The fraction of sp³-hybridized carbons (Fsp3) is 0.471. The maximum absolute atomic E-state index is 12.4. The zero-order valence-corrected chi connectivity index (χ0v) is 12.6. The molecule has 102 valence electrons. The maximum Gasteiger partial charge on any atom is 0.140 e. The van der Waals surface area contributed by atoms with Crippen LogP contribution in [0.2, 0.25) is 0 Å². The molecule has 1 aromatic heterocycles. The van der Waals surface area contributed by atoms with Gasteiger partial charge in [0.15, 0.2) is 0 Å².